The standard InChI is InChI=1S/C25H25N5O/c1-16-7-6-10-20(13-16)24-27-25-26-17(2)22(18(3)30(25)28-24)14-23(31)29-12-11-19-8-4-5-9-21(19)15-29/h4-10,13H,11-12,14-15H2,1-3H3. The van der Waals surface area contributed by atoms with Gasteiger partial charge in [-0.1, -0.05) is 48.0 Å². The van der Waals surface area contributed by atoms with Gasteiger partial charge in [0.05, 0.1) is 6.42 Å². The number of aromatic nitrogens is 4. The SMILES string of the molecule is Cc1cccc(-c2nc3nc(C)c(CC(=O)N4CCc5ccccc5C4)c(C)n3n2)c1. The van der Waals surface area contributed by atoms with E-state index in [9.17, 15) is 4.79 Å². The summed E-state index contributed by atoms with van der Waals surface area (Å²) in [4.78, 5) is 24.4. The summed E-state index contributed by atoms with van der Waals surface area (Å²) < 4.78 is 1.76. The van der Waals surface area contributed by atoms with Gasteiger partial charge in [0.1, 0.15) is 0 Å². The topological polar surface area (TPSA) is 63.4 Å². The van der Waals surface area contributed by atoms with E-state index in [1.54, 1.807) is 4.52 Å². The first-order chi connectivity index (χ1) is 15.0. The molecule has 1 aliphatic rings. The Morgan fingerprint density at radius 1 is 1.00 bits per heavy atom. The van der Waals surface area contributed by atoms with Crippen LogP contribution in [0, 0.1) is 20.8 Å². The molecule has 0 radical (unpaired) electrons. The van der Waals surface area contributed by atoms with Crippen molar-refractivity contribution in [3.05, 3.63) is 82.2 Å². The second-order valence-electron chi connectivity index (χ2n) is 8.29. The fraction of sp³-hybridized carbons (Fsp3) is 0.280. The lowest BCUT2D eigenvalue weighted by Crippen LogP contribution is -2.37. The average Bonchev–Trinajstić information content (AvgIpc) is 3.20. The highest BCUT2D eigenvalue weighted by Gasteiger charge is 2.23. The molecule has 6 nitrogen and oxygen atoms in total. The summed E-state index contributed by atoms with van der Waals surface area (Å²) in [5.41, 5.74) is 7.38. The summed E-state index contributed by atoms with van der Waals surface area (Å²) in [5, 5.41) is 4.69. The number of aryl methyl sites for hydroxylation is 3. The van der Waals surface area contributed by atoms with E-state index >= 15 is 0 Å². The molecule has 1 aliphatic heterocycles. The quantitative estimate of drug-likeness (QED) is 0.514. The fourth-order valence-corrected chi connectivity index (χ4v) is 4.34. The monoisotopic (exact) mass is 411 g/mol. The second-order valence-corrected chi connectivity index (χ2v) is 8.29. The molecule has 1 amide bonds. The Kier molecular flexibility index (Phi) is 4.77. The van der Waals surface area contributed by atoms with Crippen LogP contribution in [0.15, 0.2) is 48.5 Å². The summed E-state index contributed by atoms with van der Waals surface area (Å²) in [6, 6.07) is 16.5. The molecule has 2 aromatic heterocycles. The Morgan fingerprint density at radius 2 is 1.81 bits per heavy atom. The van der Waals surface area contributed by atoms with Crippen molar-refractivity contribution in [2.24, 2.45) is 0 Å². The average molecular weight is 412 g/mol. The first kappa shape index (κ1) is 19.4. The zero-order valence-corrected chi connectivity index (χ0v) is 18.1. The molecule has 0 bridgehead atoms. The third kappa shape index (κ3) is 3.58. The van der Waals surface area contributed by atoms with Gasteiger partial charge in [-0.05, 0) is 44.4 Å². The molecule has 0 atom stereocenters. The fourth-order valence-electron chi connectivity index (χ4n) is 4.34. The van der Waals surface area contributed by atoms with Crippen molar-refractivity contribution >= 4 is 11.7 Å². The van der Waals surface area contributed by atoms with Crippen molar-refractivity contribution in [1.82, 2.24) is 24.5 Å². The van der Waals surface area contributed by atoms with Gasteiger partial charge in [0.25, 0.3) is 5.78 Å². The van der Waals surface area contributed by atoms with Crippen molar-refractivity contribution in [3.63, 3.8) is 0 Å². The molecule has 156 valence electrons. The van der Waals surface area contributed by atoms with Crippen LogP contribution in [0.2, 0.25) is 0 Å². The van der Waals surface area contributed by atoms with Gasteiger partial charge in [0, 0.05) is 35.6 Å². The van der Waals surface area contributed by atoms with Crippen molar-refractivity contribution < 1.29 is 4.79 Å². The summed E-state index contributed by atoms with van der Waals surface area (Å²) in [6.07, 6.45) is 1.22. The third-order valence-corrected chi connectivity index (χ3v) is 6.14. The minimum absolute atomic E-state index is 0.126. The number of rotatable bonds is 3. The molecule has 0 N–H and O–H groups in total. The summed E-state index contributed by atoms with van der Waals surface area (Å²) in [6.45, 7) is 7.41. The number of fused-ring (bicyclic) bond motifs is 2. The molecule has 0 fully saturated rings. The van der Waals surface area contributed by atoms with Gasteiger partial charge >= 0.3 is 0 Å². The van der Waals surface area contributed by atoms with E-state index in [2.05, 4.69) is 47.2 Å². The molecule has 31 heavy (non-hydrogen) atoms. The zero-order chi connectivity index (χ0) is 21.5. The highest BCUT2D eigenvalue weighted by Crippen LogP contribution is 2.23. The summed E-state index contributed by atoms with van der Waals surface area (Å²) >= 11 is 0. The molecular weight excluding hydrogens is 386 g/mol. The van der Waals surface area contributed by atoms with E-state index in [0.717, 1.165) is 41.0 Å². The van der Waals surface area contributed by atoms with Crippen molar-refractivity contribution in [2.45, 2.75) is 40.2 Å². The van der Waals surface area contributed by atoms with E-state index in [4.69, 9.17) is 5.10 Å². The molecule has 0 aliphatic carbocycles. The largest absolute Gasteiger partial charge is 0.338 e. The first-order valence-electron chi connectivity index (χ1n) is 10.6. The Bertz CT molecular complexity index is 1310. The smallest absolute Gasteiger partial charge is 0.253 e. The molecular formula is C25H25N5O. The van der Waals surface area contributed by atoms with Crippen LogP contribution in [0.1, 0.15) is 33.6 Å². The van der Waals surface area contributed by atoms with Gasteiger partial charge in [-0.25, -0.2) is 9.50 Å². The van der Waals surface area contributed by atoms with Gasteiger partial charge in [0.2, 0.25) is 5.91 Å². The maximum atomic E-state index is 13.1. The van der Waals surface area contributed by atoms with E-state index in [-0.39, 0.29) is 5.91 Å². The Hall–Kier alpha value is -3.54. The van der Waals surface area contributed by atoms with Gasteiger partial charge in [-0.15, -0.1) is 5.10 Å². The number of benzene rings is 2. The molecule has 0 spiro atoms. The Balaban J connectivity index is 1.44. The number of hydrogen-bond acceptors (Lipinski definition) is 4. The number of nitrogens with zero attached hydrogens (tertiary/aromatic N) is 5. The molecule has 0 saturated carbocycles. The second kappa shape index (κ2) is 7.61. The number of carbonyl (C=O) groups is 1. The van der Waals surface area contributed by atoms with Crippen LogP contribution in [-0.4, -0.2) is 36.9 Å². The minimum atomic E-state index is 0.126. The van der Waals surface area contributed by atoms with E-state index in [1.807, 2.05) is 36.9 Å². The third-order valence-electron chi connectivity index (χ3n) is 6.14. The number of carbonyl (C=O) groups excluding carboxylic acids is 1. The maximum Gasteiger partial charge on any atom is 0.253 e. The predicted octanol–water partition coefficient (Wildman–Crippen LogP) is 3.84. The molecule has 3 heterocycles. The first-order valence-corrected chi connectivity index (χ1v) is 10.6. The molecule has 5 rings (SSSR count). The maximum absolute atomic E-state index is 13.1. The van der Waals surface area contributed by atoms with Gasteiger partial charge < -0.3 is 4.90 Å². The molecule has 6 heteroatoms. The molecule has 4 aromatic rings. The van der Waals surface area contributed by atoms with Crippen LogP contribution >= 0.6 is 0 Å². The highest BCUT2D eigenvalue weighted by molar-refractivity contribution is 5.79. The van der Waals surface area contributed by atoms with Crippen LogP contribution < -0.4 is 0 Å². The highest BCUT2D eigenvalue weighted by atomic mass is 16.2. The number of hydrogen-bond donors (Lipinski definition) is 0. The summed E-state index contributed by atoms with van der Waals surface area (Å²) in [7, 11) is 0. The van der Waals surface area contributed by atoms with Crippen LogP contribution in [0.4, 0.5) is 0 Å². The minimum Gasteiger partial charge on any atom is -0.338 e. The summed E-state index contributed by atoms with van der Waals surface area (Å²) in [5.74, 6) is 1.34. The van der Waals surface area contributed by atoms with E-state index in [0.29, 0.717) is 24.6 Å². The van der Waals surface area contributed by atoms with Gasteiger partial charge in [0.15, 0.2) is 5.82 Å². The molecule has 2 aromatic carbocycles. The van der Waals surface area contributed by atoms with Gasteiger partial charge in [-0.2, -0.15) is 4.98 Å². The van der Waals surface area contributed by atoms with Gasteiger partial charge in [-0.3, -0.25) is 4.79 Å². The predicted molar refractivity (Wildman–Crippen MR) is 120 cm³/mol. The lowest BCUT2D eigenvalue weighted by molar-refractivity contribution is -0.131. The Morgan fingerprint density at radius 3 is 2.61 bits per heavy atom. The van der Waals surface area contributed by atoms with Crippen LogP contribution in [-0.2, 0) is 24.2 Å². The lowest BCUT2D eigenvalue weighted by atomic mass is 9.99. The van der Waals surface area contributed by atoms with Crippen LogP contribution in [0.3, 0.4) is 0 Å². The normalized spacial score (nSPS) is 13.5. The van der Waals surface area contributed by atoms with Crippen LogP contribution in [0.5, 0.6) is 0 Å². The molecule has 0 unspecified atom stereocenters. The van der Waals surface area contributed by atoms with Crippen LogP contribution in [0.25, 0.3) is 17.2 Å². The van der Waals surface area contributed by atoms with Crippen molar-refractivity contribution in [3.8, 4) is 11.4 Å². The van der Waals surface area contributed by atoms with Crippen molar-refractivity contribution in [1.29, 1.82) is 0 Å². The van der Waals surface area contributed by atoms with Crippen molar-refractivity contribution in [2.75, 3.05) is 6.54 Å². The Labute approximate surface area is 181 Å². The van der Waals surface area contributed by atoms with E-state index < -0.39 is 0 Å². The number of amides is 1. The van der Waals surface area contributed by atoms with E-state index in [1.165, 1.54) is 11.1 Å². The molecule has 0 saturated heterocycles. The zero-order valence-electron chi connectivity index (χ0n) is 18.1. The lowest BCUT2D eigenvalue weighted by Gasteiger charge is -2.29.